The molecule has 0 saturated carbocycles. The molecular weight excluding hydrogens is 559 g/mol. The van der Waals surface area contributed by atoms with Crippen LogP contribution in [0.1, 0.15) is 21.5 Å². The van der Waals surface area contributed by atoms with Gasteiger partial charge in [0.15, 0.2) is 0 Å². The van der Waals surface area contributed by atoms with E-state index in [2.05, 4.69) is 52.7 Å². The Morgan fingerprint density at radius 3 is 2.58 bits per heavy atom. The van der Waals surface area contributed by atoms with Crippen molar-refractivity contribution in [1.82, 2.24) is 29.7 Å². The number of carbonyl (C=O) groups excluding carboxylic acids is 1. The third-order valence-electron chi connectivity index (χ3n) is 7.19. The van der Waals surface area contributed by atoms with E-state index >= 15 is 0 Å². The molecule has 4 aromatic rings. The van der Waals surface area contributed by atoms with Crippen molar-refractivity contribution in [1.29, 1.82) is 0 Å². The number of alkyl halides is 3. The Morgan fingerprint density at radius 1 is 0.977 bits per heavy atom. The first kappa shape index (κ1) is 29.9. The van der Waals surface area contributed by atoms with Crippen LogP contribution in [0, 0.1) is 6.92 Å². The van der Waals surface area contributed by atoms with Gasteiger partial charge in [-0.25, -0.2) is 19.9 Å². The summed E-state index contributed by atoms with van der Waals surface area (Å²) in [7, 11) is 2.13. The van der Waals surface area contributed by atoms with E-state index in [4.69, 9.17) is 0 Å². The molecule has 1 aliphatic rings. The maximum Gasteiger partial charge on any atom is 0.416 e. The number of nitrogens with zero attached hydrogens (tertiary/aromatic N) is 6. The van der Waals surface area contributed by atoms with Crippen molar-refractivity contribution in [3.63, 3.8) is 0 Å². The molecule has 0 spiro atoms. The van der Waals surface area contributed by atoms with Gasteiger partial charge >= 0.3 is 6.18 Å². The monoisotopic (exact) mass is 591 g/mol. The van der Waals surface area contributed by atoms with Crippen LogP contribution in [-0.2, 0) is 6.18 Å². The number of benzene rings is 2. The molecule has 1 fully saturated rings. The molecule has 5 rings (SSSR count). The summed E-state index contributed by atoms with van der Waals surface area (Å²) in [5.41, 5.74) is 2.18. The number of amides is 1. The molecule has 3 N–H and O–H groups in total. The number of hydrogen-bond donors (Lipinski definition) is 3. The number of rotatable bonds is 9. The number of carbonyl (C=O) groups is 1. The van der Waals surface area contributed by atoms with Gasteiger partial charge in [-0.1, -0.05) is 12.1 Å². The zero-order chi connectivity index (χ0) is 30.4. The Hall–Kier alpha value is -4.62. The van der Waals surface area contributed by atoms with Crippen LogP contribution in [0.2, 0.25) is 0 Å². The first-order valence-corrected chi connectivity index (χ1v) is 13.8. The summed E-state index contributed by atoms with van der Waals surface area (Å²) in [5.74, 6) is 0.517. The number of likely N-dealkylation sites (N-methyl/N-ethyl adjacent to an activating group) is 1. The smallest absolute Gasteiger partial charge is 0.369 e. The van der Waals surface area contributed by atoms with Crippen molar-refractivity contribution >= 4 is 28.9 Å². The largest absolute Gasteiger partial charge is 0.416 e. The third kappa shape index (κ3) is 7.81. The zero-order valence-corrected chi connectivity index (χ0v) is 23.8. The molecule has 1 saturated heterocycles. The first-order chi connectivity index (χ1) is 20.7. The molecule has 43 heavy (non-hydrogen) atoms. The Kier molecular flexibility index (Phi) is 9.12. The molecule has 2 aromatic heterocycles. The highest BCUT2D eigenvalue weighted by molar-refractivity contribution is 6.04. The van der Waals surface area contributed by atoms with Gasteiger partial charge < -0.3 is 20.9 Å². The predicted molar refractivity (Wildman–Crippen MR) is 159 cm³/mol. The highest BCUT2D eigenvalue weighted by atomic mass is 19.4. The topological polar surface area (TPSA) is 111 Å². The Balaban J connectivity index is 1.28. The molecular formula is C30H32F3N9O. The number of aromatic nitrogens is 4. The average Bonchev–Trinajstić information content (AvgIpc) is 3.00. The van der Waals surface area contributed by atoms with Crippen LogP contribution >= 0.6 is 0 Å². The summed E-state index contributed by atoms with van der Waals surface area (Å²) in [5, 5.41) is 9.34. The Labute approximate surface area is 247 Å². The van der Waals surface area contributed by atoms with Gasteiger partial charge in [0, 0.05) is 68.5 Å². The van der Waals surface area contributed by atoms with Crippen molar-refractivity contribution in [2.45, 2.75) is 13.1 Å². The van der Waals surface area contributed by atoms with Crippen molar-refractivity contribution < 1.29 is 18.0 Å². The maximum atomic E-state index is 13.1. The molecule has 224 valence electrons. The second-order valence-corrected chi connectivity index (χ2v) is 10.3. The number of anilines is 4. The molecule has 0 unspecified atom stereocenters. The fraction of sp³-hybridized carbons (Fsp3) is 0.300. The van der Waals surface area contributed by atoms with Crippen molar-refractivity contribution in [2.75, 3.05) is 62.3 Å². The van der Waals surface area contributed by atoms with E-state index in [1.165, 1.54) is 24.8 Å². The zero-order valence-electron chi connectivity index (χ0n) is 23.8. The quantitative estimate of drug-likeness (QED) is 0.250. The number of halogens is 3. The molecule has 0 radical (unpaired) electrons. The van der Waals surface area contributed by atoms with E-state index in [0.717, 1.165) is 57.0 Å². The van der Waals surface area contributed by atoms with E-state index < -0.39 is 17.6 Å². The number of hydrogen-bond acceptors (Lipinski definition) is 9. The van der Waals surface area contributed by atoms with Crippen molar-refractivity contribution in [2.24, 2.45) is 0 Å². The second-order valence-electron chi connectivity index (χ2n) is 10.3. The van der Waals surface area contributed by atoms with Crippen LogP contribution in [-0.4, -0.2) is 82.0 Å². The average molecular weight is 592 g/mol. The van der Waals surface area contributed by atoms with Crippen LogP contribution in [0.5, 0.6) is 0 Å². The van der Waals surface area contributed by atoms with Gasteiger partial charge in [-0.05, 0) is 49.9 Å². The summed E-state index contributed by atoms with van der Waals surface area (Å²) in [6, 6.07) is 11.3. The molecule has 10 nitrogen and oxygen atoms in total. The molecule has 0 atom stereocenters. The van der Waals surface area contributed by atoms with Crippen LogP contribution in [0.25, 0.3) is 11.3 Å². The predicted octanol–water partition coefficient (Wildman–Crippen LogP) is 4.92. The van der Waals surface area contributed by atoms with Gasteiger partial charge in [0.05, 0.1) is 16.8 Å². The van der Waals surface area contributed by atoms with E-state index in [9.17, 15) is 18.0 Å². The van der Waals surface area contributed by atoms with Crippen molar-refractivity contribution in [3.05, 3.63) is 84.1 Å². The van der Waals surface area contributed by atoms with Gasteiger partial charge in [0.25, 0.3) is 5.91 Å². The standard InChI is InChI=1S/C30H32F3N9O/c1-20-6-7-23(39-29(43)21-4-3-5-22(14-21)30(31,32)33)15-25(20)40-28-24(17-34-18-38-28)26-16-27(37-19-36-26)35-8-9-42-12-10-41(2)11-13-42/h3-7,14-19H,8-13H2,1-2H3,(H,39,43)(H,34,38,40)(H,35,36,37). The maximum absolute atomic E-state index is 13.1. The fourth-order valence-electron chi connectivity index (χ4n) is 4.63. The van der Waals surface area contributed by atoms with E-state index in [1.807, 2.05) is 13.0 Å². The summed E-state index contributed by atoms with van der Waals surface area (Å²) >= 11 is 0. The first-order valence-electron chi connectivity index (χ1n) is 13.8. The minimum Gasteiger partial charge on any atom is -0.369 e. The minimum atomic E-state index is -4.54. The van der Waals surface area contributed by atoms with Gasteiger partial charge in [-0.15, -0.1) is 0 Å². The number of aryl methyl sites for hydroxylation is 1. The minimum absolute atomic E-state index is 0.0975. The summed E-state index contributed by atoms with van der Waals surface area (Å²) in [6.45, 7) is 7.74. The SMILES string of the molecule is Cc1ccc(NC(=O)c2cccc(C(F)(F)F)c2)cc1Nc1ncncc1-c1cc(NCCN2CCN(C)CC2)ncn1. The van der Waals surface area contributed by atoms with Crippen LogP contribution in [0.15, 0.2) is 67.4 Å². The number of nitrogens with one attached hydrogen (secondary N) is 3. The lowest BCUT2D eigenvalue weighted by atomic mass is 10.1. The fourth-order valence-corrected chi connectivity index (χ4v) is 4.63. The van der Waals surface area contributed by atoms with Gasteiger partial charge in [0.1, 0.15) is 24.3 Å². The number of piperazine rings is 1. The molecule has 13 heteroatoms. The van der Waals surface area contributed by atoms with E-state index in [0.29, 0.717) is 34.3 Å². The molecule has 0 bridgehead atoms. The molecule has 2 aromatic carbocycles. The van der Waals surface area contributed by atoms with Crippen molar-refractivity contribution in [3.8, 4) is 11.3 Å². The lowest BCUT2D eigenvalue weighted by molar-refractivity contribution is -0.137. The lowest BCUT2D eigenvalue weighted by Gasteiger charge is -2.32. The van der Waals surface area contributed by atoms with Crippen LogP contribution in [0.4, 0.5) is 36.2 Å². The summed E-state index contributed by atoms with van der Waals surface area (Å²) in [6.07, 6.45) is 0.00812. The normalized spacial score (nSPS) is 14.3. The van der Waals surface area contributed by atoms with Gasteiger partial charge in [-0.2, -0.15) is 13.2 Å². The van der Waals surface area contributed by atoms with E-state index in [1.54, 1.807) is 24.4 Å². The molecule has 3 heterocycles. The summed E-state index contributed by atoms with van der Waals surface area (Å²) in [4.78, 5) is 34.9. The van der Waals surface area contributed by atoms with Gasteiger partial charge in [0.2, 0.25) is 0 Å². The third-order valence-corrected chi connectivity index (χ3v) is 7.19. The van der Waals surface area contributed by atoms with Crippen LogP contribution < -0.4 is 16.0 Å². The molecule has 0 aliphatic carbocycles. The lowest BCUT2D eigenvalue weighted by Crippen LogP contribution is -2.45. The van der Waals surface area contributed by atoms with Crippen LogP contribution in [0.3, 0.4) is 0 Å². The molecule has 1 amide bonds. The second kappa shape index (κ2) is 13.1. The highest BCUT2D eigenvalue weighted by Gasteiger charge is 2.31. The highest BCUT2D eigenvalue weighted by Crippen LogP contribution is 2.31. The Morgan fingerprint density at radius 2 is 1.79 bits per heavy atom. The Bertz CT molecular complexity index is 1570. The summed E-state index contributed by atoms with van der Waals surface area (Å²) < 4.78 is 39.3. The molecule has 1 aliphatic heterocycles. The van der Waals surface area contributed by atoms with E-state index in [-0.39, 0.29) is 5.56 Å². The van der Waals surface area contributed by atoms with Gasteiger partial charge in [-0.3, -0.25) is 9.69 Å².